The summed E-state index contributed by atoms with van der Waals surface area (Å²) in [6, 6.07) is 4.00. The molecule has 0 saturated heterocycles. The fourth-order valence-corrected chi connectivity index (χ4v) is 5.28. The molecule has 0 heterocycles. The molecule has 1 unspecified atom stereocenters. The number of aryl methyl sites for hydroxylation is 2. The van der Waals surface area contributed by atoms with Crippen molar-refractivity contribution in [3.8, 4) is 5.75 Å². The fraction of sp³-hybridized carbons (Fsp3) is 0.781. The Kier molecular flexibility index (Phi) is 18.6. The number of aromatic hydroxyl groups is 1. The van der Waals surface area contributed by atoms with Crippen molar-refractivity contribution in [1.82, 2.24) is 0 Å². The molecule has 0 radical (unpaired) electrons. The molecule has 1 aromatic rings. The highest BCUT2D eigenvalue weighted by atomic mass is 16.4. The lowest BCUT2D eigenvalue weighted by Gasteiger charge is -2.18. The lowest BCUT2D eigenvalue weighted by Crippen LogP contribution is -2.07. The molecule has 1 rings (SSSR count). The molecule has 1 atom stereocenters. The number of carboxylic acids is 1. The fourth-order valence-electron chi connectivity index (χ4n) is 5.28. The van der Waals surface area contributed by atoms with Crippen LogP contribution in [0.4, 0.5) is 0 Å². The van der Waals surface area contributed by atoms with Crippen molar-refractivity contribution in [3.05, 3.63) is 28.8 Å². The molecule has 0 saturated carbocycles. The van der Waals surface area contributed by atoms with Crippen LogP contribution < -0.4 is 0 Å². The maximum absolute atomic E-state index is 11.4. The summed E-state index contributed by atoms with van der Waals surface area (Å²) in [5.41, 5.74) is 2.85. The second-order valence-corrected chi connectivity index (χ2v) is 10.8. The van der Waals surface area contributed by atoms with Crippen LogP contribution >= 0.6 is 0 Å². The van der Waals surface area contributed by atoms with E-state index in [1.807, 2.05) is 26.0 Å². The van der Waals surface area contributed by atoms with Crippen LogP contribution in [0, 0.1) is 6.92 Å². The van der Waals surface area contributed by atoms with E-state index in [1.54, 1.807) is 0 Å². The molecule has 0 aromatic heterocycles. The minimum absolute atomic E-state index is 0.0400. The minimum Gasteiger partial charge on any atom is -0.507 e. The Hall–Kier alpha value is -1.51. The third kappa shape index (κ3) is 15.3. The monoisotopic (exact) mass is 488 g/mol. The Labute approximate surface area is 217 Å². The van der Waals surface area contributed by atoms with E-state index in [-0.39, 0.29) is 12.3 Å². The van der Waals surface area contributed by atoms with Gasteiger partial charge in [-0.05, 0) is 42.4 Å². The van der Waals surface area contributed by atoms with Crippen LogP contribution in [-0.2, 0) is 11.2 Å². The van der Waals surface area contributed by atoms with Gasteiger partial charge < -0.3 is 10.2 Å². The Morgan fingerprint density at radius 2 is 1.14 bits per heavy atom. The Morgan fingerprint density at radius 1 is 0.714 bits per heavy atom. The topological polar surface area (TPSA) is 57.5 Å². The van der Waals surface area contributed by atoms with Crippen LogP contribution in [0.5, 0.6) is 5.75 Å². The van der Waals surface area contributed by atoms with Crippen LogP contribution in [0.2, 0.25) is 0 Å². The molecule has 0 aliphatic carbocycles. The van der Waals surface area contributed by atoms with Crippen LogP contribution in [0.3, 0.4) is 0 Å². The van der Waals surface area contributed by atoms with Gasteiger partial charge >= 0.3 is 5.97 Å². The van der Waals surface area contributed by atoms with E-state index in [0.717, 1.165) is 36.0 Å². The van der Waals surface area contributed by atoms with Gasteiger partial charge in [-0.1, -0.05) is 142 Å². The van der Waals surface area contributed by atoms with Gasteiger partial charge in [-0.2, -0.15) is 0 Å². The molecule has 1 aromatic carbocycles. The molecule has 2 N–H and O–H groups in total. The van der Waals surface area contributed by atoms with Crippen molar-refractivity contribution in [2.75, 3.05) is 0 Å². The maximum Gasteiger partial charge on any atom is 0.303 e. The van der Waals surface area contributed by atoms with Crippen molar-refractivity contribution in [1.29, 1.82) is 0 Å². The number of hydrogen-bond donors (Lipinski definition) is 2. The summed E-state index contributed by atoms with van der Waals surface area (Å²) in [6.07, 6.45) is 26.4. The molecule has 3 heteroatoms. The molecule has 0 aliphatic heterocycles. The first-order chi connectivity index (χ1) is 17.0. The first-order valence-electron chi connectivity index (χ1n) is 15.0. The summed E-state index contributed by atoms with van der Waals surface area (Å²) >= 11 is 0. The number of carbonyl (C=O) groups is 1. The van der Waals surface area contributed by atoms with Crippen molar-refractivity contribution in [3.63, 3.8) is 0 Å². The smallest absolute Gasteiger partial charge is 0.303 e. The van der Waals surface area contributed by atoms with E-state index >= 15 is 0 Å². The normalized spacial score (nSPS) is 12.2. The number of unbranched alkanes of at least 4 members (excludes halogenated alkanes) is 17. The highest BCUT2D eigenvalue weighted by Crippen LogP contribution is 2.32. The van der Waals surface area contributed by atoms with Crippen LogP contribution in [0.25, 0.3) is 0 Å². The lowest BCUT2D eigenvalue weighted by molar-refractivity contribution is -0.137. The summed E-state index contributed by atoms with van der Waals surface area (Å²) in [5.74, 6) is -0.335. The van der Waals surface area contributed by atoms with Gasteiger partial charge in [0, 0.05) is 0 Å². The molecule has 0 spiro atoms. The van der Waals surface area contributed by atoms with E-state index < -0.39 is 5.97 Å². The quantitative estimate of drug-likeness (QED) is 0.151. The zero-order chi connectivity index (χ0) is 25.7. The van der Waals surface area contributed by atoms with Crippen molar-refractivity contribution in [2.45, 2.75) is 162 Å². The molecule has 0 amide bonds. The van der Waals surface area contributed by atoms with E-state index in [0.29, 0.717) is 5.75 Å². The molecular weight excluding hydrogens is 432 g/mol. The number of aliphatic carboxylic acids is 1. The predicted molar refractivity (Wildman–Crippen MR) is 151 cm³/mol. The van der Waals surface area contributed by atoms with Gasteiger partial charge in [-0.3, -0.25) is 4.79 Å². The number of rotatable bonds is 23. The number of carboxylic acid groups (broad SMARTS) is 1. The van der Waals surface area contributed by atoms with E-state index in [1.165, 1.54) is 109 Å². The van der Waals surface area contributed by atoms with Gasteiger partial charge in [-0.15, -0.1) is 0 Å². The summed E-state index contributed by atoms with van der Waals surface area (Å²) in [5, 5.41) is 19.6. The zero-order valence-corrected chi connectivity index (χ0v) is 23.4. The highest BCUT2D eigenvalue weighted by Gasteiger charge is 2.18. The van der Waals surface area contributed by atoms with E-state index in [4.69, 9.17) is 0 Å². The number of hydrogen-bond acceptors (Lipinski definition) is 2. The van der Waals surface area contributed by atoms with Crippen molar-refractivity contribution < 1.29 is 15.0 Å². The van der Waals surface area contributed by atoms with Crippen molar-refractivity contribution in [2.24, 2.45) is 0 Å². The van der Waals surface area contributed by atoms with Crippen LogP contribution in [-0.4, -0.2) is 16.2 Å². The maximum atomic E-state index is 11.4. The van der Waals surface area contributed by atoms with E-state index in [2.05, 4.69) is 6.92 Å². The third-order valence-corrected chi connectivity index (χ3v) is 7.58. The number of phenolic OH excluding ortho intramolecular Hbond substituents is 1. The average molecular weight is 489 g/mol. The van der Waals surface area contributed by atoms with Gasteiger partial charge in [0.2, 0.25) is 0 Å². The third-order valence-electron chi connectivity index (χ3n) is 7.58. The second kappa shape index (κ2) is 20.7. The molecule has 202 valence electrons. The van der Waals surface area contributed by atoms with Gasteiger partial charge in [0.25, 0.3) is 0 Å². The highest BCUT2D eigenvalue weighted by molar-refractivity contribution is 5.68. The zero-order valence-electron chi connectivity index (χ0n) is 23.4. The summed E-state index contributed by atoms with van der Waals surface area (Å²) in [7, 11) is 0. The molecule has 35 heavy (non-hydrogen) atoms. The molecule has 0 aliphatic rings. The van der Waals surface area contributed by atoms with Gasteiger partial charge in [-0.25, -0.2) is 0 Å². The molecule has 3 nitrogen and oxygen atoms in total. The first kappa shape index (κ1) is 31.5. The Morgan fingerprint density at radius 3 is 1.54 bits per heavy atom. The molecule has 0 fully saturated rings. The molecule has 0 bridgehead atoms. The SMILES string of the molecule is CCCCCCCCCCCCCCCCCCCCC(CC(=O)O)c1cc(C)c(O)c(CC)c1. The minimum atomic E-state index is -0.735. The van der Waals surface area contributed by atoms with Gasteiger partial charge in [0.1, 0.15) is 5.75 Å². The number of phenols is 1. The Balaban J connectivity index is 2.07. The largest absolute Gasteiger partial charge is 0.507 e. The second-order valence-electron chi connectivity index (χ2n) is 10.8. The predicted octanol–water partition coefficient (Wildman–Crippen LogP) is 10.3. The van der Waals surface area contributed by atoms with Gasteiger partial charge in [0.15, 0.2) is 0 Å². The van der Waals surface area contributed by atoms with Crippen LogP contribution in [0.1, 0.15) is 165 Å². The van der Waals surface area contributed by atoms with Crippen LogP contribution in [0.15, 0.2) is 12.1 Å². The standard InChI is InChI=1S/C32H56O3/c1-4-6-7-8-9-10-11-12-13-14-15-16-17-18-19-20-21-22-23-29(26-31(33)34)30-24-27(3)32(35)28(5-2)25-30/h24-25,29,35H,4-23,26H2,1-3H3,(H,33,34). The van der Waals surface area contributed by atoms with Gasteiger partial charge in [0.05, 0.1) is 6.42 Å². The summed E-state index contributed by atoms with van der Waals surface area (Å²) in [4.78, 5) is 11.4. The first-order valence-corrected chi connectivity index (χ1v) is 15.0. The lowest BCUT2D eigenvalue weighted by atomic mass is 9.87. The average Bonchev–Trinajstić information content (AvgIpc) is 2.83. The number of benzene rings is 1. The van der Waals surface area contributed by atoms with E-state index in [9.17, 15) is 15.0 Å². The van der Waals surface area contributed by atoms with Crippen molar-refractivity contribution >= 4 is 5.97 Å². The summed E-state index contributed by atoms with van der Waals surface area (Å²) < 4.78 is 0. The summed E-state index contributed by atoms with van der Waals surface area (Å²) in [6.45, 7) is 6.22. The molecular formula is C32H56O3. The Bertz CT molecular complexity index is 667.